The number of carbonyl (C=O) groups is 4. The monoisotopic (exact) mass is 956 g/mol. The highest BCUT2D eigenvalue weighted by Crippen LogP contribution is 2.46. The molecule has 1 fully saturated rings. The van der Waals surface area contributed by atoms with Crippen LogP contribution in [0.15, 0.2) is 76.7 Å². The fraction of sp³-hybridized carbons (Fsp3) is 0.438. The average Bonchev–Trinajstić information content (AvgIpc) is 3.66. The van der Waals surface area contributed by atoms with Gasteiger partial charge >= 0.3 is 0 Å². The summed E-state index contributed by atoms with van der Waals surface area (Å²) in [4.78, 5) is 60.3. The van der Waals surface area contributed by atoms with E-state index in [-0.39, 0.29) is 96.1 Å². The van der Waals surface area contributed by atoms with Crippen LogP contribution >= 0.6 is 0 Å². The average molecular weight is 957 g/mol. The van der Waals surface area contributed by atoms with E-state index in [2.05, 4.69) is 20.9 Å². The van der Waals surface area contributed by atoms with Crippen LogP contribution in [0.1, 0.15) is 74.7 Å². The van der Waals surface area contributed by atoms with Gasteiger partial charge in [0, 0.05) is 85.9 Å². The van der Waals surface area contributed by atoms with Gasteiger partial charge < -0.3 is 78.0 Å². The molecule has 1 aliphatic carbocycles. The first-order valence-electron chi connectivity index (χ1n) is 22.6. The number of carbonyl (C=O) groups excluding carboxylic acids is 4. The predicted molar refractivity (Wildman–Crippen MR) is 249 cm³/mol. The highest BCUT2D eigenvalue weighted by Gasteiger charge is 2.57. The minimum absolute atomic E-state index is 0.0324. The Labute approximate surface area is 397 Å². The van der Waals surface area contributed by atoms with Crippen molar-refractivity contribution in [1.29, 1.82) is 0 Å². The Balaban J connectivity index is 1.27. The molecule has 0 radical (unpaired) electrons. The molecule has 69 heavy (non-hydrogen) atoms. The van der Waals surface area contributed by atoms with Crippen LogP contribution < -0.4 is 42.6 Å². The van der Waals surface area contributed by atoms with Crippen LogP contribution in [0.4, 0.5) is 0 Å². The number of amides is 2. The van der Waals surface area contributed by atoms with Crippen molar-refractivity contribution in [3.05, 3.63) is 111 Å². The van der Waals surface area contributed by atoms with E-state index >= 15 is 9.59 Å². The van der Waals surface area contributed by atoms with E-state index in [1.807, 2.05) is 6.08 Å². The number of guanidine groups is 1. The summed E-state index contributed by atoms with van der Waals surface area (Å²) in [6, 6.07) is 2.87. The topological polar surface area (TPSA) is 347 Å². The summed E-state index contributed by atoms with van der Waals surface area (Å²) in [5.74, 6) is -4.31. The molecule has 2 aromatic rings. The number of ketones is 2. The number of allylic oxidation sites excluding steroid dienone is 3. The van der Waals surface area contributed by atoms with Gasteiger partial charge in [0.2, 0.25) is 12.1 Å². The van der Waals surface area contributed by atoms with Crippen molar-refractivity contribution < 1.29 is 64.0 Å². The summed E-state index contributed by atoms with van der Waals surface area (Å²) in [6.45, 7) is 0.610. The lowest BCUT2D eigenvalue weighted by molar-refractivity contribution is -0.316. The Kier molecular flexibility index (Phi) is 15.3. The Morgan fingerprint density at radius 3 is 2.39 bits per heavy atom. The second kappa shape index (κ2) is 21.0. The lowest BCUT2D eigenvalue weighted by Gasteiger charge is -2.49. The van der Waals surface area contributed by atoms with Crippen molar-refractivity contribution in [1.82, 2.24) is 20.9 Å². The van der Waals surface area contributed by atoms with E-state index in [1.165, 1.54) is 20.2 Å². The smallest absolute Gasteiger partial charge is 0.253 e. The normalized spacial score (nSPS) is 25.2. The molecule has 21 heteroatoms. The Morgan fingerprint density at radius 2 is 1.77 bits per heavy atom. The van der Waals surface area contributed by atoms with E-state index in [0.717, 1.165) is 22.6 Å². The van der Waals surface area contributed by atoms with E-state index in [9.17, 15) is 40.2 Å². The first kappa shape index (κ1) is 50.3. The van der Waals surface area contributed by atoms with Gasteiger partial charge in [-0.15, -0.1) is 0 Å². The van der Waals surface area contributed by atoms with Gasteiger partial charge in [0.25, 0.3) is 11.8 Å². The zero-order valence-corrected chi connectivity index (χ0v) is 38.5. The SMILES string of the molecule is CCc1c(OC)cc(OC2OC(CO)C(O)(CC(CN3C(=O)C=CC3=O)C3=CCNC(N)=C3)C(O)C2O)c2c1C(=O)c1cc(CC(CCCO)C3=CNC(N)C=C3)c(CNC(N)=NC)c(O)c1C2=O. The molecular weight excluding hydrogens is 897 g/mol. The number of phenols is 1. The minimum atomic E-state index is -2.45. The quantitative estimate of drug-likeness (QED) is 0.0406. The molecule has 5 aliphatic rings. The van der Waals surface area contributed by atoms with Crippen LogP contribution in [0.3, 0.4) is 0 Å². The minimum Gasteiger partial charge on any atom is -0.507 e. The Hall–Kier alpha value is -6.59. The van der Waals surface area contributed by atoms with Crippen LogP contribution in [-0.4, -0.2) is 142 Å². The molecule has 8 atom stereocenters. The van der Waals surface area contributed by atoms with Gasteiger partial charge in [-0.3, -0.25) is 29.1 Å². The molecule has 4 aliphatic heterocycles. The number of phenolic OH excluding ortho intramolecular Hbond substituents is 1. The highest BCUT2D eigenvalue weighted by atomic mass is 16.7. The van der Waals surface area contributed by atoms with Crippen LogP contribution in [0.5, 0.6) is 17.2 Å². The zero-order valence-electron chi connectivity index (χ0n) is 38.5. The number of nitrogens with zero attached hydrogens (tertiary/aromatic N) is 2. The standard InChI is InChI=1S/C48H60N8O13/c1-4-28-31(67-3)17-32(68-46-44(64)45(65)48(66,33(22-58)69-46)18-27(24-11-12-53-35(50)16-24)21-56-36(59)9-10-37(56)60)40-38(28)41(61)29-15-26(14-23(6-5-13-57)25-7-8-34(49)54-19-25)30(20-55-47(51)52-2)42(62)39(29)43(40)63/h7-11,15-17,19,23,27,33-34,44-46,53-54,57-58,62,64-66H,4-6,12-14,18,20-22,49-50H2,1-3H3,(H3,51,52,55). The maximum Gasteiger partial charge on any atom is 0.253 e. The summed E-state index contributed by atoms with van der Waals surface area (Å²) < 4.78 is 18.0. The number of ether oxygens (including phenoxy) is 3. The number of hydrogen-bond donors (Lipinski definition) is 12. The molecular formula is C48H60N8O13. The summed E-state index contributed by atoms with van der Waals surface area (Å²) in [6.07, 6.45) is 3.60. The second-order valence-electron chi connectivity index (χ2n) is 17.5. The van der Waals surface area contributed by atoms with Crippen LogP contribution in [0, 0.1) is 11.8 Å². The lowest BCUT2D eigenvalue weighted by atomic mass is 9.75. The molecule has 0 saturated carbocycles. The number of aliphatic hydroxyl groups is 5. The number of aliphatic hydroxyl groups excluding tert-OH is 4. The van der Waals surface area contributed by atoms with Crippen molar-refractivity contribution in [2.45, 2.75) is 81.9 Å². The molecule has 8 unspecified atom stereocenters. The third kappa shape index (κ3) is 9.84. The first-order valence-corrected chi connectivity index (χ1v) is 22.6. The molecule has 21 nitrogen and oxygen atoms in total. The van der Waals surface area contributed by atoms with Crippen molar-refractivity contribution in [2.75, 3.05) is 40.5 Å². The maximum absolute atomic E-state index is 15.1. The number of dihydropyridines is 2. The Morgan fingerprint density at radius 1 is 1.03 bits per heavy atom. The third-order valence-electron chi connectivity index (χ3n) is 13.3. The number of fused-ring (bicyclic) bond motifs is 2. The second-order valence-corrected chi connectivity index (χ2v) is 17.5. The van der Waals surface area contributed by atoms with Gasteiger partial charge in [0.15, 0.2) is 11.7 Å². The molecule has 7 rings (SSSR count). The van der Waals surface area contributed by atoms with E-state index in [4.69, 9.17) is 31.4 Å². The number of rotatable bonds is 18. The third-order valence-corrected chi connectivity index (χ3v) is 13.3. The predicted octanol–water partition coefficient (Wildman–Crippen LogP) is -1.16. The molecule has 1 saturated heterocycles. The van der Waals surface area contributed by atoms with E-state index in [0.29, 0.717) is 29.5 Å². The van der Waals surface area contributed by atoms with Gasteiger partial charge in [-0.05, 0) is 73.0 Å². The van der Waals surface area contributed by atoms with Crippen LogP contribution in [0.25, 0.3) is 0 Å². The largest absolute Gasteiger partial charge is 0.507 e. The molecule has 2 amide bonds. The molecule has 4 heterocycles. The highest BCUT2D eigenvalue weighted by molar-refractivity contribution is 6.31. The number of benzene rings is 2. The summed E-state index contributed by atoms with van der Waals surface area (Å²) in [5.41, 5.74) is 17.2. The molecule has 0 aromatic heterocycles. The number of hydrogen-bond acceptors (Lipinski definition) is 18. The fourth-order valence-electron chi connectivity index (χ4n) is 9.65. The lowest BCUT2D eigenvalue weighted by Crippen LogP contribution is -2.68. The number of aliphatic imine (C=N–C) groups is 1. The van der Waals surface area contributed by atoms with Gasteiger partial charge in [0.1, 0.15) is 41.2 Å². The summed E-state index contributed by atoms with van der Waals surface area (Å²) in [5, 5.41) is 77.5. The molecule has 370 valence electrons. The van der Waals surface area contributed by atoms with Gasteiger partial charge in [-0.25, -0.2) is 0 Å². The number of nitrogens with one attached hydrogen (secondary N) is 3. The number of aromatic hydroxyl groups is 1. The van der Waals surface area contributed by atoms with Crippen LogP contribution in [0.2, 0.25) is 0 Å². The fourth-order valence-corrected chi connectivity index (χ4v) is 9.65. The summed E-state index contributed by atoms with van der Waals surface area (Å²) >= 11 is 0. The van der Waals surface area contributed by atoms with Crippen molar-refractivity contribution in [2.24, 2.45) is 34.0 Å². The van der Waals surface area contributed by atoms with Gasteiger partial charge in [-0.1, -0.05) is 19.1 Å². The summed E-state index contributed by atoms with van der Waals surface area (Å²) in [7, 11) is 2.81. The number of imide groups is 1. The molecule has 15 N–H and O–H groups in total. The van der Waals surface area contributed by atoms with Gasteiger partial charge in [0.05, 0.1) is 36.8 Å². The Bertz CT molecular complexity index is 2550. The molecule has 0 spiro atoms. The molecule has 0 bridgehead atoms. The zero-order chi connectivity index (χ0) is 49.9. The van der Waals surface area contributed by atoms with Crippen molar-refractivity contribution in [3.63, 3.8) is 0 Å². The maximum atomic E-state index is 15.1. The van der Waals surface area contributed by atoms with Gasteiger partial charge in [-0.2, -0.15) is 0 Å². The number of methoxy groups -OCH3 is 1. The first-order chi connectivity index (χ1) is 33.0. The molecule has 2 aromatic carbocycles. The van der Waals surface area contributed by atoms with E-state index < -0.39 is 84.4 Å². The van der Waals surface area contributed by atoms with Crippen LogP contribution in [-0.2, 0) is 33.7 Å². The van der Waals surface area contributed by atoms with Crippen molar-refractivity contribution in [3.8, 4) is 17.2 Å². The van der Waals surface area contributed by atoms with E-state index in [1.54, 1.807) is 37.4 Å². The number of nitrogens with two attached hydrogens (primary N) is 3. The van der Waals surface area contributed by atoms with Crippen molar-refractivity contribution >= 4 is 29.3 Å².